The Hall–Kier alpha value is -0.500. The van der Waals surface area contributed by atoms with Gasteiger partial charge in [0.2, 0.25) is 0 Å². The number of aliphatic carboxylic acids is 1. The van der Waals surface area contributed by atoms with Crippen LogP contribution < -0.4 is 5.32 Å². The number of hydrogen-bond donors (Lipinski definition) is 5. The quantitative estimate of drug-likeness (QED) is 0.250. The second kappa shape index (κ2) is 7.72. The second-order valence-electron chi connectivity index (χ2n) is 3.00. The van der Waals surface area contributed by atoms with Crippen LogP contribution in [0, 0.1) is 0 Å². The van der Waals surface area contributed by atoms with E-state index in [1.165, 1.54) is 0 Å². The van der Waals surface area contributed by atoms with E-state index in [4.69, 9.17) is 24.7 Å². The molecule has 0 aromatic rings. The zero-order valence-corrected chi connectivity index (χ0v) is 9.47. The van der Waals surface area contributed by atoms with E-state index >= 15 is 0 Å². The van der Waals surface area contributed by atoms with Gasteiger partial charge in [-0.15, -0.1) is 0 Å². The first kappa shape index (κ1) is 15.5. The number of hydrogen-bond acceptors (Lipinski definition) is 5. The van der Waals surface area contributed by atoms with Crippen LogP contribution >= 0.6 is 7.60 Å². The van der Waals surface area contributed by atoms with Gasteiger partial charge in [0.15, 0.2) is 0 Å². The van der Waals surface area contributed by atoms with Gasteiger partial charge in [-0.05, 0) is 6.42 Å². The molecule has 0 aromatic carbocycles. The molecule has 0 spiro atoms. The predicted molar refractivity (Wildman–Crippen MR) is 54.0 cm³/mol. The first-order valence-electron chi connectivity index (χ1n) is 4.57. The summed E-state index contributed by atoms with van der Waals surface area (Å²) in [4.78, 5) is 28.0. The molecule has 0 saturated heterocycles. The Morgan fingerprint density at radius 3 is 2.44 bits per heavy atom. The van der Waals surface area contributed by atoms with Gasteiger partial charge in [-0.2, -0.15) is 0 Å². The third-order valence-electron chi connectivity index (χ3n) is 1.67. The van der Waals surface area contributed by atoms with Crippen molar-refractivity contribution in [2.24, 2.45) is 0 Å². The molecule has 96 valence electrons. The average Bonchev–Trinajstić information content (AvgIpc) is 2.14. The Kier molecular flexibility index (Phi) is 7.48. The van der Waals surface area contributed by atoms with Crippen LogP contribution in [0.5, 0.6) is 0 Å². The van der Waals surface area contributed by atoms with E-state index in [1.807, 2.05) is 0 Å². The number of aliphatic hydroxyl groups is 1. The first-order valence-corrected chi connectivity index (χ1v) is 6.25. The molecule has 8 nitrogen and oxygen atoms in total. The van der Waals surface area contributed by atoms with E-state index in [0.29, 0.717) is 0 Å². The van der Waals surface area contributed by atoms with Crippen molar-refractivity contribution in [2.45, 2.75) is 12.2 Å². The van der Waals surface area contributed by atoms with Crippen LogP contribution in [0.15, 0.2) is 0 Å². The molecule has 9 heteroatoms. The van der Waals surface area contributed by atoms with Gasteiger partial charge >= 0.3 is 13.6 Å². The molecule has 0 saturated carbocycles. The number of rotatable bonds is 9. The van der Waals surface area contributed by atoms with Crippen LogP contribution in [-0.2, 0) is 14.1 Å². The highest BCUT2D eigenvalue weighted by Gasteiger charge is 2.28. The molecule has 0 heterocycles. The minimum absolute atomic E-state index is 0.0302. The van der Waals surface area contributed by atoms with Crippen LogP contribution in [0.4, 0.5) is 0 Å². The normalized spacial score (nSPS) is 13.7. The van der Waals surface area contributed by atoms with Gasteiger partial charge in [-0.3, -0.25) is 14.7 Å². The van der Waals surface area contributed by atoms with Crippen molar-refractivity contribution in [2.75, 3.05) is 26.4 Å². The van der Waals surface area contributed by atoms with Gasteiger partial charge in [-0.1, -0.05) is 0 Å². The van der Waals surface area contributed by atoms with Crippen molar-refractivity contribution in [1.82, 2.24) is 5.32 Å². The summed E-state index contributed by atoms with van der Waals surface area (Å²) in [5.74, 6) is -2.45. The maximum atomic E-state index is 10.9. The molecule has 5 N–H and O–H groups in total. The monoisotopic (exact) mass is 257 g/mol. The molecule has 0 amide bonds. The number of ether oxygens (including phenoxy) is 1. The maximum Gasteiger partial charge on any atom is 0.342 e. The Bertz CT molecular complexity index is 253. The molecule has 1 unspecified atom stereocenters. The summed E-state index contributed by atoms with van der Waals surface area (Å²) in [7, 11) is -4.40. The van der Waals surface area contributed by atoms with E-state index in [2.05, 4.69) is 5.32 Å². The lowest BCUT2D eigenvalue weighted by Crippen LogP contribution is -2.34. The summed E-state index contributed by atoms with van der Waals surface area (Å²) in [6.45, 7) is -0.603. The van der Waals surface area contributed by atoms with E-state index in [1.54, 1.807) is 0 Å². The van der Waals surface area contributed by atoms with Gasteiger partial charge in [-0.25, -0.2) is 0 Å². The number of carboxylic acid groups (broad SMARTS) is 1. The lowest BCUT2D eigenvalue weighted by atomic mass is 10.4. The predicted octanol–water partition coefficient (Wildman–Crippen LogP) is -1.44. The van der Waals surface area contributed by atoms with Crippen molar-refractivity contribution < 1.29 is 34.1 Å². The van der Waals surface area contributed by atoms with Crippen LogP contribution in [0.3, 0.4) is 0 Å². The third kappa shape index (κ3) is 7.75. The Balaban J connectivity index is 4.02. The molecule has 0 rings (SSSR count). The van der Waals surface area contributed by atoms with Gasteiger partial charge in [0, 0.05) is 6.61 Å². The molecule has 0 fully saturated rings. The topological polar surface area (TPSA) is 136 Å². The highest BCUT2D eigenvalue weighted by Crippen LogP contribution is 2.41. The fourth-order valence-corrected chi connectivity index (χ4v) is 1.73. The van der Waals surface area contributed by atoms with E-state index in [-0.39, 0.29) is 26.2 Å². The van der Waals surface area contributed by atoms with Crippen LogP contribution in [-0.4, -0.2) is 58.1 Å². The van der Waals surface area contributed by atoms with Crippen molar-refractivity contribution in [1.29, 1.82) is 0 Å². The van der Waals surface area contributed by atoms with Gasteiger partial charge in [0.25, 0.3) is 0 Å². The smallest absolute Gasteiger partial charge is 0.342 e. The first-order chi connectivity index (χ1) is 7.38. The van der Waals surface area contributed by atoms with Crippen molar-refractivity contribution in [3.8, 4) is 0 Å². The second-order valence-corrected chi connectivity index (χ2v) is 4.81. The highest BCUT2D eigenvalue weighted by atomic mass is 31.2. The summed E-state index contributed by atoms with van der Waals surface area (Å²) < 4.78 is 15.8. The molecule has 16 heavy (non-hydrogen) atoms. The number of nitrogens with one attached hydrogen (secondary N) is 1. The molecular weight excluding hydrogens is 241 g/mol. The zero-order chi connectivity index (χ0) is 12.6. The van der Waals surface area contributed by atoms with Gasteiger partial charge < -0.3 is 24.7 Å². The molecule has 0 aliphatic rings. The third-order valence-corrected chi connectivity index (χ3v) is 2.92. The number of carboxylic acids is 1. The standard InChI is InChI=1S/C7H16NO7P/c9-2-4-15-3-1-6(16(12,13)14)8-5-7(10)11/h6,8-9H,1-5H2,(H,10,11)(H2,12,13,14). The minimum Gasteiger partial charge on any atom is -0.480 e. The van der Waals surface area contributed by atoms with Gasteiger partial charge in [0.1, 0.15) is 5.78 Å². The van der Waals surface area contributed by atoms with E-state index in [0.717, 1.165) is 0 Å². The molecule has 0 bridgehead atoms. The van der Waals surface area contributed by atoms with Crippen LogP contribution in [0.2, 0.25) is 0 Å². The summed E-state index contributed by atoms with van der Waals surface area (Å²) in [5, 5.41) is 19.0. The van der Waals surface area contributed by atoms with E-state index in [9.17, 15) is 9.36 Å². The van der Waals surface area contributed by atoms with Crippen molar-refractivity contribution in [3.05, 3.63) is 0 Å². The fraction of sp³-hybridized carbons (Fsp3) is 0.857. The van der Waals surface area contributed by atoms with Gasteiger partial charge in [0.05, 0.1) is 19.8 Å². The molecule has 0 radical (unpaired) electrons. The lowest BCUT2D eigenvalue weighted by Gasteiger charge is -2.18. The molecular formula is C7H16NO7P. The zero-order valence-electron chi connectivity index (χ0n) is 8.57. The van der Waals surface area contributed by atoms with Crippen molar-refractivity contribution >= 4 is 13.6 Å². The molecule has 0 aliphatic heterocycles. The fourth-order valence-electron chi connectivity index (χ4n) is 0.956. The average molecular weight is 257 g/mol. The molecule has 0 aromatic heterocycles. The summed E-state index contributed by atoms with van der Waals surface area (Å²) in [6.07, 6.45) is -0.0302. The highest BCUT2D eigenvalue weighted by molar-refractivity contribution is 7.52. The van der Waals surface area contributed by atoms with Crippen molar-refractivity contribution in [3.63, 3.8) is 0 Å². The lowest BCUT2D eigenvalue weighted by molar-refractivity contribution is -0.136. The minimum atomic E-state index is -4.40. The summed E-state index contributed by atoms with van der Waals surface area (Å²) in [6, 6.07) is 0. The number of aliphatic hydroxyl groups excluding tert-OH is 1. The molecule has 1 atom stereocenters. The van der Waals surface area contributed by atoms with Crippen LogP contribution in [0.25, 0.3) is 0 Å². The SMILES string of the molecule is O=C(O)CNC(CCOCCO)P(=O)(O)O. The van der Waals surface area contributed by atoms with E-state index < -0.39 is 25.9 Å². The summed E-state index contributed by atoms with van der Waals surface area (Å²) >= 11 is 0. The summed E-state index contributed by atoms with van der Waals surface area (Å²) in [5.41, 5.74) is 0. The van der Waals surface area contributed by atoms with Crippen LogP contribution in [0.1, 0.15) is 6.42 Å². The molecule has 0 aliphatic carbocycles. The Morgan fingerprint density at radius 1 is 1.38 bits per heavy atom. The largest absolute Gasteiger partial charge is 0.480 e. The Morgan fingerprint density at radius 2 is 2.00 bits per heavy atom. The maximum absolute atomic E-state index is 10.9. The Labute approximate surface area is 92.4 Å². The number of carbonyl (C=O) groups is 1.